The molecule has 0 amide bonds. The summed E-state index contributed by atoms with van der Waals surface area (Å²) in [6.45, 7) is 3.78. The van der Waals surface area contributed by atoms with Gasteiger partial charge in [0.2, 0.25) is 0 Å². The molecule has 1 heterocycles. The number of aliphatic imine (C=N–C) groups is 2. The molecule has 0 radical (unpaired) electrons. The number of amidine groups is 1. The van der Waals surface area contributed by atoms with Crippen LogP contribution in [0.25, 0.3) is 0 Å². The van der Waals surface area contributed by atoms with E-state index in [-0.39, 0.29) is 0 Å². The van der Waals surface area contributed by atoms with Crippen molar-refractivity contribution in [2.24, 2.45) is 9.98 Å². The average Bonchev–Trinajstić information content (AvgIpc) is 1.93. The van der Waals surface area contributed by atoms with Crippen molar-refractivity contribution in [2.75, 3.05) is 0 Å². The Labute approximate surface area is 54.3 Å². The lowest BCUT2D eigenvalue weighted by molar-refractivity contribution is 1.29. The van der Waals surface area contributed by atoms with E-state index < -0.39 is 0 Å². The molecule has 0 saturated heterocycles. The fraction of sp³-hybridized carbons (Fsp3) is 0.286. The van der Waals surface area contributed by atoms with Crippen LogP contribution in [0, 0.1) is 0 Å². The zero-order valence-electron chi connectivity index (χ0n) is 5.55. The normalized spacial score (nSPS) is 16.7. The van der Waals surface area contributed by atoms with Gasteiger partial charge in [-0.2, -0.15) is 4.99 Å². The topological polar surface area (TPSA) is 24.7 Å². The largest absolute Gasteiger partial charge is 0.238 e. The van der Waals surface area contributed by atoms with Crippen molar-refractivity contribution in [3.8, 4) is 0 Å². The van der Waals surface area contributed by atoms with Crippen LogP contribution in [-0.4, -0.2) is 11.7 Å². The quantitative estimate of drug-likeness (QED) is 0.463. The maximum Gasteiger partial charge on any atom is 0.135 e. The van der Waals surface area contributed by atoms with Crippen molar-refractivity contribution < 1.29 is 0 Å². The highest BCUT2D eigenvalue weighted by Crippen LogP contribution is 1.97. The van der Waals surface area contributed by atoms with Gasteiger partial charge in [-0.1, -0.05) is 0 Å². The third-order valence-electron chi connectivity index (χ3n) is 0.964. The minimum atomic E-state index is 0.762. The van der Waals surface area contributed by atoms with Crippen LogP contribution in [0.5, 0.6) is 0 Å². The number of nitrogens with zero attached hydrogens (tertiary/aromatic N) is 2. The van der Waals surface area contributed by atoms with Gasteiger partial charge < -0.3 is 0 Å². The van der Waals surface area contributed by atoms with Gasteiger partial charge in [0.25, 0.3) is 0 Å². The van der Waals surface area contributed by atoms with Crippen LogP contribution in [0.15, 0.2) is 27.8 Å². The van der Waals surface area contributed by atoms with Gasteiger partial charge in [0.15, 0.2) is 0 Å². The van der Waals surface area contributed by atoms with Gasteiger partial charge in [0.05, 0.1) is 0 Å². The highest BCUT2D eigenvalue weighted by atomic mass is 14.9. The summed E-state index contributed by atoms with van der Waals surface area (Å²) in [5.74, 6) is 3.48. The fourth-order valence-corrected chi connectivity index (χ4v) is 0.606. The molecule has 9 heavy (non-hydrogen) atoms. The molecule has 0 bridgehead atoms. The molecule has 0 aliphatic carbocycles. The van der Waals surface area contributed by atoms with Gasteiger partial charge >= 0.3 is 0 Å². The molecule has 0 spiro atoms. The lowest BCUT2D eigenvalue weighted by Crippen LogP contribution is -1.81. The summed E-state index contributed by atoms with van der Waals surface area (Å²) in [5, 5.41) is 0. The van der Waals surface area contributed by atoms with E-state index in [0.717, 1.165) is 11.5 Å². The van der Waals surface area contributed by atoms with E-state index in [4.69, 9.17) is 0 Å². The molecule has 0 unspecified atom stereocenters. The number of allylic oxidation sites excluding steroid dienone is 3. The molecule has 2 heteroatoms. The fourth-order valence-electron chi connectivity index (χ4n) is 0.606. The molecular weight excluding hydrogens is 112 g/mol. The molecule has 0 saturated carbocycles. The van der Waals surface area contributed by atoms with E-state index in [2.05, 4.69) is 15.9 Å². The molecule has 46 valence electrons. The lowest BCUT2D eigenvalue weighted by atomic mass is 10.4. The second kappa shape index (κ2) is 2.42. The molecule has 1 aliphatic heterocycles. The third kappa shape index (κ3) is 1.67. The van der Waals surface area contributed by atoms with E-state index in [0.29, 0.717) is 0 Å². The van der Waals surface area contributed by atoms with Crippen LogP contribution in [0.3, 0.4) is 0 Å². The second-order valence-corrected chi connectivity index (χ2v) is 1.87. The van der Waals surface area contributed by atoms with Crippen LogP contribution in [0.4, 0.5) is 0 Å². The van der Waals surface area contributed by atoms with Crippen molar-refractivity contribution in [3.05, 3.63) is 17.8 Å². The standard InChI is InChI=1S/C7H8N2/c1-6-4-3-5-8-7(2)9-6/h3-4H,1-2H3. The first-order valence-electron chi connectivity index (χ1n) is 2.81. The van der Waals surface area contributed by atoms with Gasteiger partial charge in [-0.3, -0.25) is 0 Å². The molecule has 0 fully saturated rings. The van der Waals surface area contributed by atoms with Crippen molar-refractivity contribution in [1.82, 2.24) is 0 Å². The maximum atomic E-state index is 4.09. The predicted molar refractivity (Wildman–Crippen MR) is 38.9 cm³/mol. The molecule has 2 nitrogen and oxygen atoms in total. The van der Waals surface area contributed by atoms with Gasteiger partial charge in [-0.05, 0) is 25.8 Å². The number of hydrogen-bond acceptors (Lipinski definition) is 2. The summed E-state index contributed by atoms with van der Waals surface area (Å²) in [4.78, 5) is 7.96. The summed E-state index contributed by atoms with van der Waals surface area (Å²) in [7, 11) is 0. The molecule has 1 aliphatic rings. The molecule has 0 atom stereocenters. The Morgan fingerprint density at radius 1 is 1.44 bits per heavy atom. The first kappa shape index (κ1) is 5.99. The number of rotatable bonds is 0. The number of hydrogen-bond donors (Lipinski definition) is 0. The molecular formula is C7H8N2. The Morgan fingerprint density at radius 3 is 3.00 bits per heavy atom. The van der Waals surface area contributed by atoms with E-state index in [1.807, 2.05) is 19.9 Å². The van der Waals surface area contributed by atoms with Crippen LogP contribution < -0.4 is 0 Å². The van der Waals surface area contributed by atoms with E-state index in [1.165, 1.54) is 0 Å². The van der Waals surface area contributed by atoms with Crippen LogP contribution in [0.2, 0.25) is 0 Å². The van der Waals surface area contributed by atoms with Crippen molar-refractivity contribution in [1.29, 1.82) is 0 Å². The highest BCUT2D eigenvalue weighted by Gasteiger charge is 1.87. The second-order valence-electron chi connectivity index (χ2n) is 1.87. The van der Waals surface area contributed by atoms with Crippen molar-refractivity contribution >= 4 is 11.7 Å². The minimum Gasteiger partial charge on any atom is -0.238 e. The first-order valence-corrected chi connectivity index (χ1v) is 2.81. The van der Waals surface area contributed by atoms with Gasteiger partial charge in [0, 0.05) is 11.8 Å². The summed E-state index contributed by atoms with van der Waals surface area (Å²) >= 11 is 0. The van der Waals surface area contributed by atoms with E-state index in [9.17, 15) is 0 Å². The zero-order chi connectivity index (χ0) is 6.69. The van der Waals surface area contributed by atoms with Crippen molar-refractivity contribution in [3.63, 3.8) is 0 Å². The zero-order valence-corrected chi connectivity index (χ0v) is 5.55. The highest BCUT2D eigenvalue weighted by molar-refractivity contribution is 5.88. The van der Waals surface area contributed by atoms with Gasteiger partial charge in [-0.15, -0.1) is 0 Å². The summed E-state index contributed by atoms with van der Waals surface area (Å²) in [6, 6.07) is 0. The molecule has 0 aromatic heterocycles. The van der Waals surface area contributed by atoms with Crippen LogP contribution >= 0.6 is 0 Å². The lowest BCUT2D eigenvalue weighted by Gasteiger charge is -1.86. The smallest absolute Gasteiger partial charge is 0.135 e. The summed E-state index contributed by atoms with van der Waals surface area (Å²) in [5.41, 5.74) is 0.973. The van der Waals surface area contributed by atoms with E-state index >= 15 is 0 Å². The van der Waals surface area contributed by atoms with Crippen LogP contribution in [0.1, 0.15) is 13.8 Å². The predicted octanol–water partition coefficient (Wildman–Crippen LogP) is 1.55. The molecule has 0 aromatic carbocycles. The third-order valence-corrected chi connectivity index (χ3v) is 0.964. The van der Waals surface area contributed by atoms with Gasteiger partial charge in [0.1, 0.15) is 5.84 Å². The summed E-state index contributed by atoms with van der Waals surface area (Å²) in [6.07, 6.45) is 3.63. The summed E-state index contributed by atoms with van der Waals surface area (Å²) < 4.78 is 0. The molecule has 1 rings (SSSR count). The van der Waals surface area contributed by atoms with Gasteiger partial charge in [-0.25, -0.2) is 4.99 Å². The average molecular weight is 120 g/mol. The Bertz CT molecular complexity index is 227. The van der Waals surface area contributed by atoms with E-state index in [1.54, 1.807) is 6.08 Å². The minimum absolute atomic E-state index is 0.762. The SMILES string of the molecule is CC1=CC=C=NC(C)=N1. The Kier molecular flexibility index (Phi) is 1.61. The Morgan fingerprint density at radius 2 is 2.22 bits per heavy atom. The monoisotopic (exact) mass is 120 g/mol. The van der Waals surface area contributed by atoms with Crippen LogP contribution in [-0.2, 0) is 0 Å². The molecule has 0 N–H and O–H groups in total. The maximum absolute atomic E-state index is 4.09. The Balaban J connectivity index is 3.00. The molecule has 0 aromatic rings. The Hall–Kier alpha value is -1.14. The first-order chi connectivity index (χ1) is 4.29. The van der Waals surface area contributed by atoms with Crippen molar-refractivity contribution in [2.45, 2.75) is 13.8 Å².